The number of fused-ring (bicyclic) bond motifs is 1. The third-order valence-corrected chi connectivity index (χ3v) is 6.23. The van der Waals surface area contributed by atoms with Crippen molar-refractivity contribution in [3.8, 4) is 5.88 Å². The van der Waals surface area contributed by atoms with Crippen molar-refractivity contribution in [3.05, 3.63) is 33.1 Å². The fraction of sp³-hybridized carbons (Fsp3) is 0.500. The number of aromatic hydroxyl groups is 1. The standard InChI is InChI=1S/C16H22N4O3S2/c1-11-4-9-24-13(11)12(19(5-7-22-2)6-8-23-3)14-15(21)20-16(25-14)17-10-18-20/h4,9-10,12,21H,5-8H2,1-3H3. The van der Waals surface area contributed by atoms with E-state index >= 15 is 0 Å². The summed E-state index contributed by atoms with van der Waals surface area (Å²) in [6.45, 7) is 4.76. The van der Waals surface area contributed by atoms with Gasteiger partial charge >= 0.3 is 0 Å². The van der Waals surface area contributed by atoms with E-state index in [2.05, 4.69) is 33.4 Å². The van der Waals surface area contributed by atoms with Crippen LogP contribution in [0.4, 0.5) is 0 Å². The Bertz CT molecular complexity index is 805. The molecule has 25 heavy (non-hydrogen) atoms. The van der Waals surface area contributed by atoms with Crippen molar-refractivity contribution < 1.29 is 14.6 Å². The highest BCUT2D eigenvalue weighted by Gasteiger charge is 2.30. The summed E-state index contributed by atoms with van der Waals surface area (Å²) >= 11 is 3.15. The van der Waals surface area contributed by atoms with Crippen LogP contribution in [0.25, 0.3) is 4.96 Å². The van der Waals surface area contributed by atoms with Gasteiger partial charge < -0.3 is 14.6 Å². The molecule has 0 saturated heterocycles. The van der Waals surface area contributed by atoms with Gasteiger partial charge in [-0.05, 0) is 23.9 Å². The zero-order valence-electron chi connectivity index (χ0n) is 14.5. The lowest BCUT2D eigenvalue weighted by Crippen LogP contribution is -2.35. The Morgan fingerprint density at radius 3 is 2.52 bits per heavy atom. The predicted octanol–water partition coefficient (Wildman–Crippen LogP) is 2.55. The lowest BCUT2D eigenvalue weighted by molar-refractivity contribution is 0.0980. The van der Waals surface area contributed by atoms with Gasteiger partial charge in [0, 0.05) is 32.2 Å². The summed E-state index contributed by atoms with van der Waals surface area (Å²) in [7, 11) is 3.39. The number of aromatic nitrogens is 3. The van der Waals surface area contributed by atoms with Crippen molar-refractivity contribution in [2.45, 2.75) is 13.0 Å². The minimum atomic E-state index is -0.0844. The maximum absolute atomic E-state index is 10.7. The summed E-state index contributed by atoms with van der Waals surface area (Å²) in [6, 6.07) is 2.02. The zero-order chi connectivity index (χ0) is 17.8. The Labute approximate surface area is 154 Å². The molecule has 7 nitrogen and oxygen atoms in total. The van der Waals surface area contributed by atoms with E-state index in [4.69, 9.17) is 9.47 Å². The van der Waals surface area contributed by atoms with E-state index in [9.17, 15) is 5.11 Å². The lowest BCUT2D eigenvalue weighted by Gasteiger charge is -2.30. The zero-order valence-corrected chi connectivity index (χ0v) is 16.1. The Morgan fingerprint density at radius 2 is 1.96 bits per heavy atom. The number of hydrogen-bond donors (Lipinski definition) is 1. The van der Waals surface area contributed by atoms with Crippen molar-refractivity contribution in [1.29, 1.82) is 0 Å². The van der Waals surface area contributed by atoms with E-state index in [0.29, 0.717) is 18.2 Å². The Balaban J connectivity index is 2.06. The molecule has 0 aliphatic heterocycles. The maximum Gasteiger partial charge on any atom is 0.230 e. The molecule has 9 heteroatoms. The molecule has 3 heterocycles. The third-order valence-electron chi connectivity index (χ3n) is 4.07. The van der Waals surface area contributed by atoms with Crippen LogP contribution in [0, 0.1) is 6.92 Å². The van der Waals surface area contributed by atoms with Gasteiger partial charge in [-0.1, -0.05) is 11.3 Å². The fourth-order valence-electron chi connectivity index (χ4n) is 2.77. The van der Waals surface area contributed by atoms with E-state index in [1.54, 1.807) is 25.6 Å². The minimum Gasteiger partial charge on any atom is -0.492 e. The molecule has 0 spiro atoms. The van der Waals surface area contributed by atoms with Crippen molar-refractivity contribution in [3.63, 3.8) is 0 Å². The molecule has 0 aliphatic rings. The molecular formula is C16H22N4O3S2. The van der Waals surface area contributed by atoms with Gasteiger partial charge in [0.25, 0.3) is 0 Å². The lowest BCUT2D eigenvalue weighted by atomic mass is 10.1. The second-order valence-electron chi connectivity index (χ2n) is 5.64. The number of thiazole rings is 1. The number of hydrogen-bond acceptors (Lipinski definition) is 8. The molecule has 0 radical (unpaired) electrons. The summed E-state index contributed by atoms with van der Waals surface area (Å²) in [4.78, 5) is 9.22. The molecule has 0 aliphatic carbocycles. The van der Waals surface area contributed by atoms with E-state index in [1.807, 2.05) is 0 Å². The molecule has 1 unspecified atom stereocenters. The summed E-state index contributed by atoms with van der Waals surface area (Å²) in [6.07, 6.45) is 1.45. The van der Waals surface area contributed by atoms with Gasteiger partial charge in [0.05, 0.1) is 24.1 Å². The summed E-state index contributed by atoms with van der Waals surface area (Å²) in [5, 5.41) is 16.9. The maximum atomic E-state index is 10.7. The second kappa shape index (κ2) is 8.24. The molecule has 1 N–H and O–H groups in total. The van der Waals surface area contributed by atoms with Gasteiger partial charge in [-0.2, -0.15) is 9.61 Å². The smallest absolute Gasteiger partial charge is 0.230 e. The number of ether oxygens (including phenoxy) is 2. The topological polar surface area (TPSA) is 72.1 Å². The number of aryl methyl sites for hydroxylation is 1. The van der Waals surface area contributed by atoms with Gasteiger partial charge in [0.2, 0.25) is 10.8 Å². The van der Waals surface area contributed by atoms with Crippen molar-refractivity contribution in [1.82, 2.24) is 19.5 Å². The predicted molar refractivity (Wildman–Crippen MR) is 98.8 cm³/mol. The molecule has 0 fully saturated rings. The monoisotopic (exact) mass is 382 g/mol. The highest BCUT2D eigenvalue weighted by Crippen LogP contribution is 2.42. The van der Waals surface area contributed by atoms with Crippen LogP contribution >= 0.6 is 22.7 Å². The van der Waals surface area contributed by atoms with Gasteiger partial charge in [-0.3, -0.25) is 4.90 Å². The van der Waals surface area contributed by atoms with Crippen molar-refractivity contribution >= 4 is 27.6 Å². The quantitative estimate of drug-likeness (QED) is 0.613. The largest absolute Gasteiger partial charge is 0.492 e. The number of thiophene rings is 1. The number of nitrogens with zero attached hydrogens (tertiary/aromatic N) is 4. The molecule has 1 atom stereocenters. The van der Waals surface area contributed by atoms with Crippen LogP contribution in [0.1, 0.15) is 21.4 Å². The molecular weight excluding hydrogens is 360 g/mol. The van der Waals surface area contributed by atoms with Gasteiger partial charge in [-0.25, -0.2) is 4.98 Å². The molecule has 0 saturated carbocycles. The van der Waals surface area contributed by atoms with Gasteiger partial charge in [0.1, 0.15) is 6.33 Å². The first kappa shape index (κ1) is 18.3. The first-order valence-electron chi connectivity index (χ1n) is 7.94. The number of rotatable bonds is 9. The average Bonchev–Trinajstić information content (AvgIpc) is 3.30. The van der Waals surface area contributed by atoms with Crippen molar-refractivity contribution in [2.75, 3.05) is 40.5 Å². The molecule has 136 valence electrons. The minimum absolute atomic E-state index is 0.0844. The van der Waals surface area contributed by atoms with Crippen LogP contribution < -0.4 is 0 Å². The molecule has 3 rings (SSSR count). The van der Waals surface area contributed by atoms with E-state index in [0.717, 1.165) is 18.0 Å². The molecule has 3 aromatic heterocycles. The first-order chi connectivity index (χ1) is 12.2. The second-order valence-corrected chi connectivity index (χ2v) is 7.59. The third kappa shape index (κ3) is 3.70. The molecule has 0 aromatic carbocycles. The van der Waals surface area contributed by atoms with Crippen LogP contribution in [-0.2, 0) is 9.47 Å². The van der Waals surface area contributed by atoms with Gasteiger partial charge in [0.15, 0.2) is 0 Å². The normalized spacial score (nSPS) is 13.1. The SMILES string of the molecule is COCCN(CCOC)C(c1sccc1C)c1sc2ncnn2c1O. The molecule has 3 aromatic rings. The highest BCUT2D eigenvalue weighted by atomic mass is 32.1. The van der Waals surface area contributed by atoms with Crippen molar-refractivity contribution in [2.24, 2.45) is 0 Å². The van der Waals surface area contributed by atoms with E-state index < -0.39 is 0 Å². The Morgan fingerprint density at radius 1 is 1.24 bits per heavy atom. The number of methoxy groups -OCH3 is 2. The van der Waals surface area contributed by atoms with Crippen LogP contribution in [0.5, 0.6) is 5.88 Å². The van der Waals surface area contributed by atoms with E-state index in [1.165, 1.54) is 32.6 Å². The van der Waals surface area contributed by atoms with Crippen LogP contribution in [0.15, 0.2) is 17.8 Å². The van der Waals surface area contributed by atoms with Crippen LogP contribution in [0.3, 0.4) is 0 Å². The van der Waals surface area contributed by atoms with Crippen LogP contribution in [-0.4, -0.2) is 65.1 Å². The van der Waals surface area contributed by atoms with Crippen LogP contribution in [0.2, 0.25) is 0 Å². The fourth-order valence-corrected chi connectivity index (χ4v) is 4.99. The van der Waals surface area contributed by atoms with E-state index in [-0.39, 0.29) is 11.9 Å². The molecule has 0 bridgehead atoms. The summed E-state index contributed by atoms with van der Waals surface area (Å²) < 4.78 is 12.1. The average molecular weight is 383 g/mol. The first-order valence-corrected chi connectivity index (χ1v) is 9.64. The molecule has 0 amide bonds. The highest BCUT2D eigenvalue weighted by molar-refractivity contribution is 7.17. The Hall–Kier alpha value is -1.52. The summed E-state index contributed by atoms with van der Waals surface area (Å²) in [5.41, 5.74) is 1.20. The Kier molecular flexibility index (Phi) is 6.02. The summed E-state index contributed by atoms with van der Waals surface area (Å²) in [5.74, 6) is 0.148. The van der Waals surface area contributed by atoms with Gasteiger partial charge in [-0.15, -0.1) is 11.3 Å².